The zero-order chi connectivity index (χ0) is 25.2. The Hall–Kier alpha value is -3.36. The van der Waals surface area contributed by atoms with Gasteiger partial charge in [-0.15, -0.1) is 0 Å². The highest BCUT2D eigenvalue weighted by molar-refractivity contribution is 6.00. The van der Waals surface area contributed by atoms with Crippen molar-refractivity contribution in [2.24, 2.45) is 5.92 Å². The van der Waals surface area contributed by atoms with E-state index in [2.05, 4.69) is 21.9 Å². The summed E-state index contributed by atoms with van der Waals surface area (Å²) in [5, 5.41) is 0. The Kier molecular flexibility index (Phi) is 7.14. The standard InChI is InChI=1S/C26H26F4N4O/c1-16-13-20(23(21(27)14-16)24-31-10-4-11-32-24)25(35)34-12-3-5-17(2)22(34)9-8-19-7-6-18(15-33-19)26(28,29)30/h4,6-7,10-11,13-15,17,22H,3,5,8-9,12H2,1-2H3/t17-,22-/m1/s1. The van der Waals surface area contributed by atoms with Gasteiger partial charge in [-0.1, -0.05) is 6.92 Å². The normalized spacial score (nSPS) is 18.5. The van der Waals surface area contributed by atoms with Gasteiger partial charge >= 0.3 is 6.18 Å². The number of piperidine rings is 1. The van der Waals surface area contributed by atoms with E-state index >= 15 is 4.39 Å². The number of aryl methyl sites for hydroxylation is 2. The lowest BCUT2D eigenvalue weighted by Gasteiger charge is -2.40. The molecule has 0 aliphatic carbocycles. The average molecular weight is 487 g/mol. The van der Waals surface area contributed by atoms with E-state index in [4.69, 9.17) is 0 Å². The second-order valence-electron chi connectivity index (χ2n) is 9.00. The summed E-state index contributed by atoms with van der Waals surface area (Å²) in [5.74, 6) is -0.542. The van der Waals surface area contributed by atoms with E-state index in [0.29, 0.717) is 30.6 Å². The number of hydrogen-bond donors (Lipinski definition) is 0. The van der Waals surface area contributed by atoms with Crippen molar-refractivity contribution in [2.45, 2.75) is 51.7 Å². The van der Waals surface area contributed by atoms with E-state index < -0.39 is 17.6 Å². The molecule has 1 saturated heterocycles. The van der Waals surface area contributed by atoms with E-state index in [-0.39, 0.29) is 34.8 Å². The highest BCUT2D eigenvalue weighted by Gasteiger charge is 2.34. The van der Waals surface area contributed by atoms with Crippen LogP contribution >= 0.6 is 0 Å². The molecule has 3 heterocycles. The SMILES string of the molecule is Cc1cc(F)c(-c2ncccn2)c(C(=O)N2CCC[C@@H](C)[C@H]2CCc2ccc(C(F)(F)F)cn2)c1. The fourth-order valence-corrected chi connectivity index (χ4v) is 4.70. The fourth-order valence-electron chi connectivity index (χ4n) is 4.70. The molecule has 1 fully saturated rings. The second kappa shape index (κ2) is 10.1. The van der Waals surface area contributed by atoms with Gasteiger partial charge in [0, 0.05) is 36.9 Å². The Labute approximate surface area is 201 Å². The lowest BCUT2D eigenvalue weighted by molar-refractivity contribution is -0.137. The van der Waals surface area contributed by atoms with E-state index in [1.54, 1.807) is 24.0 Å². The Morgan fingerprint density at radius 1 is 1.14 bits per heavy atom. The topological polar surface area (TPSA) is 59.0 Å². The smallest absolute Gasteiger partial charge is 0.335 e. The Morgan fingerprint density at radius 3 is 2.54 bits per heavy atom. The van der Waals surface area contributed by atoms with Crippen LogP contribution in [0.4, 0.5) is 17.6 Å². The number of benzene rings is 1. The Balaban J connectivity index is 1.60. The number of likely N-dealkylation sites (tertiary alicyclic amines) is 1. The van der Waals surface area contributed by atoms with Gasteiger partial charge in [-0.25, -0.2) is 14.4 Å². The summed E-state index contributed by atoms with van der Waals surface area (Å²) in [6.07, 6.45) is 2.10. The van der Waals surface area contributed by atoms with Gasteiger partial charge in [-0.2, -0.15) is 13.2 Å². The van der Waals surface area contributed by atoms with E-state index in [9.17, 15) is 18.0 Å². The molecule has 4 rings (SSSR count). The molecular formula is C26H26F4N4O. The molecule has 184 valence electrons. The van der Waals surface area contributed by atoms with Crippen LogP contribution < -0.4 is 0 Å². The maximum absolute atomic E-state index is 15.0. The molecule has 0 N–H and O–H groups in total. The molecule has 3 aromatic rings. The number of carbonyl (C=O) groups is 1. The zero-order valence-electron chi connectivity index (χ0n) is 19.5. The molecule has 2 atom stereocenters. The van der Waals surface area contributed by atoms with Crippen LogP contribution in [-0.2, 0) is 12.6 Å². The molecule has 1 aliphatic rings. The van der Waals surface area contributed by atoms with Gasteiger partial charge < -0.3 is 4.90 Å². The lowest BCUT2D eigenvalue weighted by Crippen LogP contribution is -2.48. The Morgan fingerprint density at radius 2 is 1.89 bits per heavy atom. The van der Waals surface area contributed by atoms with Crippen LogP contribution in [0, 0.1) is 18.7 Å². The van der Waals surface area contributed by atoms with Crippen molar-refractivity contribution in [3.8, 4) is 11.4 Å². The van der Waals surface area contributed by atoms with Crippen LogP contribution in [-0.4, -0.2) is 38.3 Å². The van der Waals surface area contributed by atoms with Gasteiger partial charge in [0.2, 0.25) is 0 Å². The number of pyridine rings is 1. The summed E-state index contributed by atoms with van der Waals surface area (Å²) in [6, 6.07) is 6.88. The van der Waals surface area contributed by atoms with Crippen LogP contribution in [0.3, 0.4) is 0 Å². The summed E-state index contributed by atoms with van der Waals surface area (Å²) in [7, 11) is 0. The van der Waals surface area contributed by atoms with Gasteiger partial charge in [0.1, 0.15) is 5.82 Å². The number of nitrogens with zero attached hydrogens (tertiary/aromatic N) is 4. The minimum Gasteiger partial charge on any atom is -0.335 e. The summed E-state index contributed by atoms with van der Waals surface area (Å²) in [4.78, 5) is 27.8. The van der Waals surface area contributed by atoms with E-state index in [0.717, 1.165) is 25.1 Å². The minimum atomic E-state index is -4.43. The molecule has 0 spiro atoms. The van der Waals surface area contributed by atoms with Crippen molar-refractivity contribution >= 4 is 5.91 Å². The van der Waals surface area contributed by atoms with Gasteiger partial charge in [0.25, 0.3) is 5.91 Å². The van der Waals surface area contributed by atoms with Gasteiger partial charge in [-0.3, -0.25) is 9.78 Å². The van der Waals surface area contributed by atoms with Crippen molar-refractivity contribution in [1.29, 1.82) is 0 Å². The van der Waals surface area contributed by atoms with E-state index in [1.165, 1.54) is 24.5 Å². The van der Waals surface area contributed by atoms with Crippen molar-refractivity contribution in [2.75, 3.05) is 6.54 Å². The van der Waals surface area contributed by atoms with Crippen LogP contribution in [0.15, 0.2) is 48.9 Å². The molecule has 1 aromatic carbocycles. The number of rotatable bonds is 5. The highest BCUT2D eigenvalue weighted by atomic mass is 19.4. The lowest BCUT2D eigenvalue weighted by atomic mass is 9.86. The van der Waals surface area contributed by atoms with Crippen molar-refractivity contribution in [3.63, 3.8) is 0 Å². The molecule has 35 heavy (non-hydrogen) atoms. The molecule has 1 aliphatic heterocycles. The third kappa shape index (κ3) is 5.49. The number of amides is 1. The number of carbonyl (C=O) groups excluding carboxylic acids is 1. The zero-order valence-corrected chi connectivity index (χ0v) is 19.5. The molecule has 0 bridgehead atoms. The maximum atomic E-state index is 15.0. The first-order valence-electron chi connectivity index (χ1n) is 11.6. The quantitative estimate of drug-likeness (QED) is 0.423. The molecule has 0 saturated carbocycles. The monoisotopic (exact) mass is 486 g/mol. The largest absolute Gasteiger partial charge is 0.417 e. The third-order valence-electron chi connectivity index (χ3n) is 6.48. The molecule has 2 aromatic heterocycles. The predicted molar refractivity (Wildman–Crippen MR) is 123 cm³/mol. The summed E-state index contributed by atoms with van der Waals surface area (Å²) >= 11 is 0. The second-order valence-corrected chi connectivity index (χ2v) is 9.00. The maximum Gasteiger partial charge on any atom is 0.417 e. The van der Waals surface area contributed by atoms with Gasteiger partial charge in [-0.05, 0) is 74.4 Å². The predicted octanol–water partition coefficient (Wildman–Crippen LogP) is 5.88. The van der Waals surface area contributed by atoms with Gasteiger partial charge in [0.05, 0.1) is 16.7 Å². The van der Waals surface area contributed by atoms with E-state index in [1.807, 2.05) is 0 Å². The third-order valence-corrected chi connectivity index (χ3v) is 6.48. The molecule has 0 unspecified atom stereocenters. The highest BCUT2D eigenvalue weighted by Crippen LogP contribution is 2.33. The summed E-state index contributed by atoms with van der Waals surface area (Å²) < 4.78 is 53.6. The minimum absolute atomic E-state index is 0.0718. The molecule has 0 radical (unpaired) electrons. The molecule has 9 heteroatoms. The first-order chi connectivity index (χ1) is 16.6. The molecule has 5 nitrogen and oxygen atoms in total. The fraction of sp³-hybridized carbons (Fsp3) is 0.385. The van der Waals surface area contributed by atoms with Crippen molar-refractivity contribution in [1.82, 2.24) is 19.9 Å². The molecule has 1 amide bonds. The van der Waals surface area contributed by atoms with Crippen LogP contribution in [0.5, 0.6) is 0 Å². The van der Waals surface area contributed by atoms with Crippen molar-refractivity contribution < 1.29 is 22.4 Å². The molecular weight excluding hydrogens is 460 g/mol. The Bertz CT molecular complexity index is 1180. The van der Waals surface area contributed by atoms with Crippen LogP contribution in [0.25, 0.3) is 11.4 Å². The average Bonchev–Trinajstić information content (AvgIpc) is 2.82. The van der Waals surface area contributed by atoms with Crippen LogP contribution in [0.1, 0.15) is 53.4 Å². The summed E-state index contributed by atoms with van der Waals surface area (Å²) in [6.45, 7) is 4.29. The first kappa shape index (κ1) is 24.8. The first-order valence-corrected chi connectivity index (χ1v) is 11.6. The number of aromatic nitrogens is 3. The number of alkyl halides is 3. The van der Waals surface area contributed by atoms with Crippen molar-refractivity contribution in [3.05, 3.63) is 77.1 Å². The number of halogens is 4. The van der Waals surface area contributed by atoms with Crippen LogP contribution in [0.2, 0.25) is 0 Å². The summed E-state index contributed by atoms with van der Waals surface area (Å²) in [5.41, 5.74) is 0.633. The number of hydrogen-bond acceptors (Lipinski definition) is 4. The van der Waals surface area contributed by atoms with Gasteiger partial charge in [0.15, 0.2) is 5.82 Å².